The van der Waals surface area contributed by atoms with Crippen LogP contribution in [-0.4, -0.2) is 4.98 Å². The van der Waals surface area contributed by atoms with E-state index >= 15 is 0 Å². The van der Waals surface area contributed by atoms with Crippen LogP contribution < -0.4 is 5.73 Å². The molecule has 15 heavy (non-hydrogen) atoms. The van der Waals surface area contributed by atoms with Crippen LogP contribution in [0.3, 0.4) is 0 Å². The molecule has 0 saturated carbocycles. The van der Waals surface area contributed by atoms with Crippen LogP contribution in [-0.2, 0) is 0 Å². The van der Waals surface area contributed by atoms with Crippen LogP contribution in [0.5, 0.6) is 0 Å². The third kappa shape index (κ3) is 2.10. The van der Waals surface area contributed by atoms with Gasteiger partial charge in [0.2, 0.25) is 0 Å². The zero-order valence-electron chi connectivity index (χ0n) is 8.37. The molecule has 0 atom stereocenters. The number of aryl methyl sites for hydroxylation is 1. The molecule has 3 heteroatoms. The van der Waals surface area contributed by atoms with Crippen molar-refractivity contribution >= 4 is 17.3 Å². The van der Waals surface area contributed by atoms with Gasteiger partial charge in [-0.3, -0.25) is 4.98 Å². The maximum Gasteiger partial charge on any atom is 0.0506 e. The highest BCUT2D eigenvalue weighted by molar-refractivity contribution is 6.30. The minimum atomic E-state index is 0.659. The molecule has 0 aliphatic carbocycles. The van der Waals surface area contributed by atoms with Gasteiger partial charge in [-0.1, -0.05) is 17.7 Å². The van der Waals surface area contributed by atoms with Gasteiger partial charge in [-0.25, -0.2) is 0 Å². The number of hydrogen-bond acceptors (Lipinski definition) is 2. The first-order chi connectivity index (χ1) is 7.16. The van der Waals surface area contributed by atoms with Gasteiger partial charge in [0, 0.05) is 23.0 Å². The summed E-state index contributed by atoms with van der Waals surface area (Å²) in [5.41, 5.74) is 9.57. The summed E-state index contributed by atoms with van der Waals surface area (Å²) in [5, 5.41) is 0.720. The first-order valence-corrected chi connectivity index (χ1v) is 5.01. The highest BCUT2D eigenvalue weighted by Gasteiger charge is 2.03. The monoisotopic (exact) mass is 218 g/mol. The molecule has 0 saturated heterocycles. The molecule has 1 aromatic carbocycles. The molecule has 1 heterocycles. The number of halogens is 1. The van der Waals surface area contributed by atoms with E-state index in [-0.39, 0.29) is 0 Å². The molecule has 1 aromatic heterocycles. The van der Waals surface area contributed by atoms with Crippen molar-refractivity contribution in [3.8, 4) is 11.1 Å². The summed E-state index contributed by atoms with van der Waals surface area (Å²) in [4.78, 5) is 4.06. The van der Waals surface area contributed by atoms with Crippen molar-refractivity contribution in [2.75, 3.05) is 5.73 Å². The second kappa shape index (κ2) is 3.91. The number of anilines is 1. The first-order valence-electron chi connectivity index (χ1n) is 4.64. The lowest BCUT2D eigenvalue weighted by Gasteiger charge is -2.06. The Hall–Kier alpha value is -1.54. The second-order valence-electron chi connectivity index (χ2n) is 3.47. The first kappa shape index (κ1) is 9.99. The third-order valence-electron chi connectivity index (χ3n) is 2.27. The van der Waals surface area contributed by atoms with E-state index in [2.05, 4.69) is 4.98 Å². The Labute approximate surface area is 93.7 Å². The Morgan fingerprint density at radius 1 is 1.20 bits per heavy atom. The lowest BCUT2D eigenvalue weighted by atomic mass is 10.0. The number of rotatable bonds is 1. The van der Waals surface area contributed by atoms with Gasteiger partial charge in [-0.05, 0) is 36.2 Å². The molecule has 0 bridgehead atoms. The number of nitrogens with zero attached hydrogens (tertiary/aromatic N) is 1. The molecule has 2 aromatic rings. The predicted octanol–water partition coefficient (Wildman–Crippen LogP) is 3.29. The fourth-order valence-electron chi connectivity index (χ4n) is 1.51. The Balaban J connectivity index is 2.58. The van der Waals surface area contributed by atoms with Crippen molar-refractivity contribution in [2.45, 2.75) is 6.92 Å². The molecular weight excluding hydrogens is 208 g/mol. The quantitative estimate of drug-likeness (QED) is 0.798. The topological polar surface area (TPSA) is 38.9 Å². The molecule has 2 nitrogen and oxygen atoms in total. The predicted molar refractivity (Wildman–Crippen MR) is 63.8 cm³/mol. The van der Waals surface area contributed by atoms with Gasteiger partial charge in [0.05, 0.1) is 5.69 Å². The minimum Gasteiger partial charge on any atom is -0.397 e. The van der Waals surface area contributed by atoms with Gasteiger partial charge in [-0.15, -0.1) is 0 Å². The average molecular weight is 219 g/mol. The van der Waals surface area contributed by atoms with Gasteiger partial charge in [0.1, 0.15) is 0 Å². The Morgan fingerprint density at radius 3 is 2.73 bits per heavy atom. The molecule has 0 amide bonds. The Kier molecular flexibility index (Phi) is 2.60. The number of nitrogen functional groups attached to an aromatic ring is 1. The smallest absolute Gasteiger partial charge is 0.0506 e. The van der Waals surface area contributed by atoms with E-state index in [9.17, 15) is 0 Å². The van der Waals surface area contributed by atoms with E-state index in [4.69, 9.17) is 17.3 Å². The molecule has 2 N–H and O–H groups in total. The van der Waals surface area contributed by atoms with Gasteiger partial charge >= 0.3 is 0 Å². The van der Waals surface area contributed by atoms with E-state index in [1.165, 1.54) is 0 Å². The number of hydrogen-bond donors (Lipinski definition) is 1. The molecule has 76 valence electrons. The summed E-state index contributed by atoms with van der Waals surface area (Å²) in [6.45, 7) is 2.04. The van der Waals surface area contributed by atoms with E-state index in [0.29, 0.717) is 5.69 Å². The zero-order valence-corrected chi connectivity index (χ0v) is 9.12. The van der Waals surface area contributed by atoms with Crippen molar-refractivity contribution < 1.29 is 0 Å². The summed E-state index contributed by atoms with van der Waals surface area (Å²) in [6, 6.07) is 7.68. The normalized spacial score (nSPS) is 10.3. The molecule has 0 spiro atoms. The molecule has 0 fully saturated rings. The average Bonchev–Trinajstić information content (AvgIpc) is 2.22. The van der Waals surface area contributed by atoms with Crippen LogP contribution in [0.25, 0.3) is 11.1 Å². The summed E-state index contributed by atoms with van der Waals surface area (Å²) >= 11 is 5.95. The minimum absolute atomic E-state index is 0.659. The number of pyridine rings is 1. The van der Waals surface area contributed by atoms with Crippen molar-refractivity contribution in [1.29, 1.82) is 0 Å². The highest BCUT2D eigenvalue weighted by atomic mass is 35.5. The van der Waals surface area contributed by atoms with Crippen molar-refractivity contribution in [1.82, 2.24) is 4.98 Å². The van der Waals surface area contributed by atoms with Crippen molar-refractivity contribution in [3.05, 3.63) is 47.2 Å². The third-order valence-corrected chi connectivity index (χ3v) is 2.51. The van der Waals surface area contributed by atoms with Crippen LogP contribution in [0.1, 0.15) is 5.56 Å². The van der Waals surface area contributed by atoms with Crippen LogP contribution in [0, 0.1) is 6.92 Å². The lowest BCUT2D eigenvalue weighted by molar-refractivity contribution is 1.32. The summed E-state index contributed by atoms with van der Waals surface area (Å²) in [6.07, 6.45) is 3.42. The van der Waals surface area contributed by atoms with Crippen molar-refractivity contribution in [2.24, 2.45) is 0 Å². The van der Waals surface area contributed by atoms with E-state index < -0.39 is 0 Å². The fraction of sp³-hybridized carbons (Fsp3) is 0.0833. The van der Waals surface area contributed by atoms with E-state index in [1.807, 2.05) is 31.2 Å². The standard InChI is InChI=1S/C12H11ClN2/c1-8-2-3-10(13)5-12(8)9-4-11(14)7-15-6-9/h2-7H,14H2,1H3. The highest BCUT2D eigenvalue weighted by Crippen LogP contribution is 2.26. The van der Waals surface area contributed by atoms with Gasteiger partial charge in [-0.2, -0.15) is 0 Å². The fourth-order valence-corrected chi connectivity index (χ4v) is 1.68. The maximum atomic E-state index is 5.95. The van der Waals surface area contributed by atoms with E-state index in [0.717, 1.165) is 21.7 Å². The Morgan fingerprint density at radius 2 is 2.00 bits per heavy atom. The zero-order chi connectivity index (χ0) is 10.8. The number of benzene rings is 1. The van der Waals surface area contributed by atoms with Gasteiger partial charge in [0.15, 0.2) is 0 Å². The van der Waals surface area contributed by atoms with Crippen LogP contribution in [0.2, 0.25) is 5.02 Å². The Bertz CT molecular complexity index is 495. The van der Waals surface area contributed by atoms with E-state index in [1.54, 1.807) is 12.4 Å². The van der Waals surface area contributed by atoms with Crippen LogP contribution in [0.15, 0.2) is 36.7 Å². The maximum absolute atomic E-state index is 5.95. The largest absolute Gasteiger partial charge is 0.397 e. The molecule has 0 unspecified atom stereocenters. The summed E-state index contributed by atoms with van der Waals surface area (Å²) < 4.78 is 0. The van der Waals surface area contributed by atoms with Gasteiger partial charge in [0.25, 0.3) is 0 Å². The molecule has 2 rings (SSSR count). The number of nitrogens with two attached hydrogens (primary N) is 1. The second-order valence-corrected chi connectivity index (χ2v) is 3.90. The lowest BCUT2D eigenvalue weighted by Crippen LogP contribution is -1.89. The van der Waals surface area contributed by atoms with Crippen LogP contribution in [0.4, 0.5) is 5.69 Å². The molecule has 0 aliphatic rings. The summed E-state index contributed by atoms with van der Waals surface area (Å²) in [5.74, 6) is 0. The SMILES string of the molecule is Cc1ccc(Cl)cc1-c1cncc(N)c1. The molecule has 0 radical (unpaired) electrons. The molecular formula is C12H11ClN2. The van der Waals surface area contributed by atoms with Crippen LogP contribution >= 0.6 is 11.6 Å². The van der Waals surface area contributed by atoms with Gasteiger partial charge < -0.3 is 5.73 Å². The van der Waals surface area contributed by atoms with Crippen molar-refractivity contribution in [3.63, 3.8) is 0 Å². The molecule has 0 aliphatic heterocycles. The number of aromatic nitrogens is 1. The summed E-state index contributed by atoms with van der Waals surface area (Å²) in [7, 11) is 0.